The Kier molecular flexibility index (Phi) is 5.65. The lowest BCUT2D eigenvalue weighted by molar-refractivity contribution is -0.137. The Balaban J connectivity index is 1.56. The van der Waals surface area contributed by atoms with E-state index < -0.39 is 5.97 Å². The molecule has 3 nitrogen and oxygen atoms in total. The number of aliphatic carboxylic acids is 1. The standard InChI is InChI=1S/C21H25NO2/c23-21(24)13-10-17-5-4-14-22(15-17)16-18-8-11-20(12-9-18)19-6-2-1-3-7-19/h1-3,6-9,11-12,17H,4-5,10,13-16H2,(H,23,24). The Labute approximate surface area is 143 Å². The average Bonchev–Trinajstić information content (AvgIpc) is 2.62. The summed E-state index contributed by atoms with van der Waals surface area (Å²) in [7, 11) is 0. The maximum atomic E-state index is 10.7. The van der Waals surface area contributed by atoms with Gasteiger partial charge in [0.15, 0.2) is 0 Å². The topological polar surface area (TPSA) is 40.5 Å². The molecule has 1 N–H and O–H groups in total. The largest absolute Gasteiger partial charge is 0.481 e. The molecule has 0 radical (unpaired) electrons. The number of carbonyl (C=O) groups is 1. The lowest BCUT2D eigenvalue weighted by Crippen LogP contribution is -2.35. The monoisotopic (exact) mass is 323 g/mol. The van der Waals surface area contributed by atoms with Gasteiger partial charge in [0.2, 0.25) is 0 Å². The van der Waals surface area contributed by atoms with Gasteiger partial charge in [0.1, 0.15) is 0 Å². The van der Waals surface area contributed by atoms with Crippen molar-refractivity contribution in [3.8, 4) is 11.1 Å². The van der Waals surface area contributed by atoms with Gasteiger partial charge < -0.3 is 5.11 Å². The fraction of sp³-hybridized carbons (Fsp3) is 0.381. The first kappa shape index (κ1) is 16.7. The van der Waals surface area contributed by atoms with E-state index in [1.807, 2.05) is 6.07 Å². The molecule has 2 aromatic carbocycles. The lowest BCUT2D eigenvalue weighted by Gasteiger charge is -2.32. The number of hydrogen-bond acceptors (Lipinski definition) is 2. The fourth-order valence-corrected chi connectivity index (χ4v) is 3.55. The molecular formula is C21H25NO2. The molecule has 3 heteroatoms. The number of hydrogen-bond donors (Lipinski definition) is 1. The van der Waals surface area contributed by atoms with Gasteiger partial charge in [0, 0.05) is 19.5 Å². The van der Waals surface area contributed by atoms with Crippen molar-refractivity contribution in [2.45, 2.75) is 32.2 Å². The molecular weight excluding hydrogens is 298 g/mol. The summed E-state index contributed by atoms with van der Waals surface area (Å²) in [5.41, 5.74) is 3.82. The number of piperidine rings is 1. The highest BCUT2D eigenvalue weighted by atomic mass is 16.4. The van der Waals surface area contributed by atoms with Crippen LogP contribution in [0.1, 0.15) is 31.2 Å². The SMILES string of the molecule is O=C(O)CCC1CCCN(Cc2ccc(-c3ccccc3)cc2)C1. The maximum absolute atomic E-state index is 10.7. The quantitative estimate of drug-likeness (QED) is 0.855. The minimum absolute atomic E-state index is 0.296. The van der Waals surface area contributed by atoms with E-state index in [2.05, 4.69) is 53.4 Å². The highest BCUT2D eigenvalue weighted by Crippen LogP contribution is 2.24. The molecule has 1 unspecified atom stereocenters. The first-order valence-corrected chi connectivity index (χ1v) is 8.79. The van der Waals surface area contributed by atoms with E-state index in [-0.39, 0.29) is 0 Å². The maximum Gasteiger partial charge on any atom is 0.303 e. The molecule has 24 heavy (non-hydrogen) atoms. The normalized spacial score (nSPS) is 18.4. The van der Waals surface area contributed by atoms with Gasteiger partial charge in [0.05, 0.1) is 0 Å². The van der Waals surface area contributed by atoms with E-state index in [4.69, 9.17) is 5.11 Å². The molecule has 1 fully saturated rings. The number of likely N-dealkylation sites (tertiary alicyclic amines) is 1. The summed E-state index contributed by atoms with van der Waals surface area (Å²) in [6.07, 6.45) is 3.44. The first-order chi connectivity index (χ1) is 11.7. The van der Waals surface area contributed by atoms with Crippen molar-refractivity contribution in [1.82, 2.24) is 4.90 Å². The van der Waals surface area contributed by atoms with Gasteiger partial charge in [-0.1, -0.05) is 54.6 Å². The second-order valence-corrected chi connectivity index (χ2v) is 6.74. The van der Waals surface area contributed by atoms with Crippen LogP contribution in [0.25, 0.3) is 11.1 Å². The molecule has 1 aliphatic rings. The Morgan fingerprint density at radius 3 is 2.46 bits per heavy atom. The molecule has 1 atom stereocenters. The summed E-state index contributed by atoms with van der Waals surface area (Å²) in [6, 6.07) is 19.2. The molecule has 2 aromatic rings. The Morgan fingerprint density at radius 1 is 1.04 bits per heavy atom. The number of rotatable bonds is 6. The lowest BCUT2D eigenvalue weighted by atomic mass is 9.93. The highest BCUT2D eigenvalue weighted by molar-refractivity contribution is 5.66. The molecule has 0 aliphatic carbocycles. The summed E-state index contributed by atoms with van der Waals surface area (Å²) in [6.45, 7) is 3.09. The van der Waals surface area contributed by atoms with Gasteiger partial charge in [-0.2, -0.15) is 0 Å². The van der Waals surface area contributed by atoms with Crippen LogP contribution in [-0.4, -0.2) is 29.1 Å². The molecule has 0 saturated carbocycles. The van der Waals surface area contributed by atoms with Crippen LogP contribution in [0.15, 0.2) is 54.6 Å². The summed E-state index contributed by atoms with van der Waals surface area (Å²) in [5.74, 6) is -0.151. The van der Waals surface area contributed by atoms with E-state index >= 15 is 0 Å². The third-order valence-electron chi connectivity index (χ3n) is 4.84. The number of nitrogens with zero attached hydrogens (tertiary/aromatic N) is 1. The van der Waals surface area contributed by atoms with Crippen molar-refractivity contribution in [2.24, 2.45) is 5.92 Å². The number of carboxylic acids is 1. The molecule has 1 aliphatic heterocycles. The van der Waals surface area contributed by atoms with Crippen molar-refractivity contribution >= 4 is 5.97 Å². The minimum Gasteiger partial charge on any atom is -0.481 e. The van der Waals surface area contributed by atoms with Crippen molar-refractivity contribution in [3.63, 3.8) is 0 Å². The second-order valence-electron chi connectivity index (χ2n) is 6.74. The number of benzene rings is 2. The van der Waals surface area contributed by atoms with Crippen LogP contribution in [0.2, 0.25) is 0 Å². The van der Waals surface area contributed by atoms with Crippen LogP contribution >= 0.6 is 0 Å². The first-order valence-electron chi connectivity index (χ1n) is 8.79. The van der Waals surface area contributed by atoms with Crippen LogP contribution in [-0.2, 0) is 11.3 Å². The second kappa shape index (κ2) is 8.11. The fourth-order valence-electron chi connectivity index (χ4n) is 3.55. The third-order valence-corrected chi connectivity index (χ3v) is 4.84. The predicted molar refractivity (Wildman–Crippen MR) is 96.7 cm³/mol. The van der Waals surface area contributed by atoms with Crippen molar-refractivity contribution in [3.05, 3.63) is 60.2 Å². The zero-order valence-corrected chi connectivity index (χ0v) is 14.0. The van der Waals surface area contributed by atoms with E-state index in [9.17, 15) is 4.79 Å². The number of carboxylic acid groups (broad SMARTS) is 1. The van der Waals surface area contributed by atoms with E-state index in [0.717, 1.165) is 32.5 Å². The summed E-state index contributed by atoms with van der Waals surface area (Å²) >= 11 is 0. The molecule has 0 spiro atoms. The Bertz CT molecular complexity index is 651. The Hall–Kier alpha value is -2.13. The van der Waals surface area contributed by atoms with Gasteiger partial charge in [-0.25, -0.2) is 0 Å². The van der Waals surface area contributed by atoms with Crippen molar-refractivity contribution < 1.29 is 9.90 Å². The zero-order valence-electron chi connectivity index (χ0n) is 14.0. The van der Waals surface area contributed by atoms with Crippen molar-refractivity contribution in [2.75, 3.05) is 13.1 Å². The van der Waals surface area contributed by atoms with Gasteiger partial charge in [-0.05, 0) is 48.4 Å². The molecule has 3 rings (SSSR count). The average molecular weight is 323 g/mol. The zero-order chi connectivity index (χ0) is 16.8. The molecule has 0 bridgehead atoms. The third kappa shape index (κ3) is 4.68. The molecule has 0 aromatic heterocycles. The van der Waals surface area contributed by atoms with E-state index in [1.54, 1.807) is 0 Å². The van der Waals surface area contributed by atoms with E-state index in [1.165, 1.54) is 23.1 Å². The van der Waals surface area contributed by atoms with Crippen LogP contribution < -0.4 is 0 Å². The van der Waals surface area contributed by atoms with Crippen LogP contribution in [0, 0.1) is 5.92 Å². The van der Waals surface area contributed by atoms with Gasteiger partial charge >= 0.3 is 5.97 Å². The smallest absolute Gasteiger partial charge is 0.303 e. The molecule has 1 saturated heterocycles. The summed E-state index contributed by atoms with van der Waals surface area (Å²) in [5, 5.41) is 8.85. The van der Waals surface area contributed by atoms with Crippen LogP contribution in [0.3, 0.4) is 0 Å². The van der Waals surface area contributed by atoms with E-state index in [0.29, 0.717) is 12.3 Å². The summed E-state index contributed by atoms with van der Waals surface area (Å²) in [4.78, 5) is 13.2. The van der Waals surface area contributed by atoms with Crippen LogP contribution in [0.5, 0.6) is 0 Å². The highest BCUT2D eigenvalue weighted by Gasteiger charge is 2.20. The van der Waals surface area contributed by atoms with Gasteiger partial charge in [0.25, 0.3) is 0 Å². The van der Waals surface area contributed by atoms with Crippen LogP contribution in [0.4, 0.5) is 0 Å². The minimum atomic E-state index is -0.677. The molecule has 1 heterocycles. The molecule has 0 amide bonds. The Morgan fingerprint density at radius 2 is 1.75 bits per heavy atom. The predicted octanol–water partition coefficient (Wildman–Crippen LogP) is 4.43. The van der Waals surface area contributed by atoms with Gasteiger partial charge in [-0.15, -0.1) is 0 Å². The molecule has 126 valence electrons. The van der Waals surface area contributed by atoms with Crippen molar-refractivity contribution in [1.29, 1.82) is 0 Å². The summed E-state index contributed by atoms with van der Waals surface area (Å²) < 4.78 is 0. The van der Waals surface area contributed by atoms with Gasteiger partial charge in [-0.3, -0.25) is 9.69 Å².